The highest BCUT2D eigenvalue weighted by Gasteiger charge is 2.20. The van der Waals surface area contributed by atoms with Crippen LogP contribution in [-0.2, 0) is 4.74 Å². The van der Waals surface area contributed by atoms with Gasteiger partial charge in [0.15, 0.2) is 11.6 Å². The van der Waals surface area contributed by atoms with E-state index in [1.54, 1.807) is 18.2 Å². The Hall–Kier alpha value is -1.17. The van der Waals surface area contributed by atoms with Gasteiger partial charge < -0.3 is 19.9 Å². The van der Waals surface area contributed by atoms with Gasteiger partial charge in [-0.2, -0.15) is 0 Å². The lowest BCUT2D eigenvalue weighted by atomic mass is 10.3. The van der Waals surface area contributed by atoms with Crippen LogP contribution in [0.3, 0.4) is 0 Å². The van der Waals surface area contributed by atoms with Gasteiger partial charge in [0.1, 0.15) is 12.7 Å². The average Bonchev–Trinajstić information content (AvgIpc) is 3.29. The SMILES string of the molecule is OC(CNCCCOCC1CC1)COc1ccccc1F. The molecule has 21 heavy (non-hydrogen) atoms. The normalized spacial score (nSPS) is 15.9. The Morgan fingerprint density at radius 2 is 2.14 bits per heavy atom. The molecule has 2 rings (SSSR count). The second-order valence-corrected chi connectivity index (χ2v) is 5.47. The number of halogens is 1. The number of hydrogen-bond donors (Lipinski definition) is 2. The van der Waals surface area contributed by atoms with Gasteiger partial charge in [-0.05, 0) is 43.9 Å². The zero-order valence-corrected chi connectivity index (χ0v) is 12.3. The summed E-state index contributed by atoms with van der Waals surface area (Å²) in [7, 11) is 0. The predicted octanol–water partition coefficient (Wildman–Crippen LogP) is 1.97. The molecule has 1 unspecified atom stereocenters. The first kappa shape index (κ1) is 16.2. The smallest absolute Gasteiger partial charge is 0.165 e. The van der Waals surface area contributed by atoms with E-state index in [9.17, 15) is 9.50 Å². The topological polar surface area (TPSA) is 50.7 Å². The van der Waals surface area contributed by atoms with Crippen LogP contribution in [-0.4, -0.2) is 44.1 Å². The van der Waals surface area contributed by atoms with Crippen molar-refractivity contribution in [2.24, 2.45) is 5.92 Å². The van der Waals surface area contributed by atoms with Gasteiger partial charge in [-0.1, -0.05) is 12.1 Å². The lowest BCUT2D eigenvalue weighted by Crippen LogP contribution is -2.32. The summed E-state index contributed by atoms with van der Waals surface area (Å²) in [4.78, 5) is 0. The molecule has 1 aromatic rings. The van der Waals surface area contributed by atoms with Crippen molar-refractivity contribution in [3.05, 3.63) is 30.1 Å². The fourth-order valence-electron chi connectivity index (χ4n) is 1.91. The Kier molecular flexibility index (Phi) is 6.92. The van der Waals surface area contributed by atoms with Crippen LogP contribution in [0.1, 0.15) is 19.3 Å². The number of aliphatic hydroxyl groups excluding tert-OH is 1. The molecule has 1 aliphatic carbocycles. The van der Waals surface area contributed by atoms with Crippen molar-refractivity contribution < 1.29 is 19.0 Å². The summed E-state index contributed by atoms with van der Waals surface area (Å²) in [6, 6.07) is 6.18. The lowest BCUT2D eigenvalue weighted by molar-refractivity contribution is 0.100. The molecule has 0 aromatic heterocycles. The number of benzene rings is 1. The van der Waals surface area contributed by atoms with Crippen molar-refractivity contribution in [1.82, 2.24) is 5.32 Å². The Labute approximate surface area is 125 Å². The number of aliphatic hydroxyl groups is 1. The van der Waals surface area contributed by atoms with Crippen molar-refractivity contribution in [2.75, 3.05) is 32.9 Å². The molecular formula is C16H24FNO3. The Balaban J connectivity index is 1.45. The van der Waals surface area contributed by atoms with E-state index in [0.717, 1.165) is 32.1 Å². The van der Waals surface area contributed by atoms with E-state index in [4.69, 9.17) is 9.47 Å². The molecule has 0 radical (unpaired) electrons. The second-order valence-electron chi connectivity index (χ2n) is 5.47. The summed E-state index contributed by atoms with van der Waals surface area (Å²) < 4.78 is 24.0. The molecule has 0 bridgehead atoms. The minimum atomic E-state index is -0.656. The number of rotatable bonds is 11. The van der Waals surface area contributed by atoms with E-state index >= 15 is 0 Å². The monoisotopic (exact) mass is 297 g/mol. The Morgan fingerprint density at radius 1 is 1.33 bits per heavy atom. The molecule has 0 heterocycles. The standard InChI is InChI=1S/C16H24FNO3/c17-15-4-1-2-5-16(15)21-12-14(19)10-18-8-3-9-20-11-13-6-7-13/h1-2,4-5,13-14,18-19H,3,6-12H2. The van der Waals surface area contributed by atoms with Gasteiger partial charge >= 0.3 is 0 Å². The number of nitrogens with one attached hydrogen (secondary N) is 1. The van der Waals surface area contributed by atoms with Crippen LogP contribution in [0.2, 0.25) is 0 Å². The van der Waals surface area contributed by atoms with Gasteiger partial charge in [0.25, 0.3) is 0 Å². The molecule has 0 saturated heterocycles. The minimum Gasteiger partial charge on any atom is -0.488 e. The number of para-hydroxylation sites is 1. The third-order valence-corrected chi connectivity index (χ3v) is 3.34. The summed E-state index contributed by atoms with van der Waals surface area (Å²) in [6.45, 7) is 2.94. The lowest BCUT2D eigenvalue weighted by Gasteiger charge is -2.13. The fourth-order valence-corrected chi connectivity index (χ4v) is 1.91. The predicted molar refractivity (Wildman–Crippen MR) is 78.9 cm³/mol. The summed E-state index contributed by atoms with van der Waals surface area (Å²) in [5.74, 6) is 0.561. The van der Waals surface area contributed by atoms with Crippen molar-refractivity contribution in [1.29, 1.82) is 0 Å². The maximum Gasteiger partial charge on any atom is 0.165 e. The Morgan fingerprint density at radius 3 is 2.90 bits per heavy atom. The second kappa shape index (κ2) is 8.97. The van der Waals surface area contributed by atoms with E-state index < -0.39 is 11.9 Å². The molecule has 4 nitrogen and oxygen atoms in total. The van der Waals surface area contributed by atoms with Crippen LogP contribution >= 0.6 is 0 Å². The molecule has 0 amide bonds. The maximum atomic E-state index is 13.3. The molecule has 1 fully saturated rings. The summed E-state index contributed by atoms with van der Waals surface area (Å²) in [5.41, 5.74) is 0. The Bertz CT molecular complexity index is 412. The largest absolute Gasteiger partial charge is 0.488 e. The van der Waals surface area contributed by atoms with Gasteiger partial charge in [0.2, 0.25) is 0 Å². The fraction of sp³-hybridized carbons (Fsp3) is 0.625. The van der Waals surface area contributed by atoms with E-state index in [-0.39, 0.29) is 12.4 Å². The van der Waals surface area contributed by atoms with Crippen LogP contribution < -0.4 is 10.1 Å². The van der Waals surface area contributed by atoms with Crippen LogP contribution in [0.4, 0.5) is 4.39 Å². The number of hydrogen-bond acceptors (Lipinski definition) is 4. The van der Waals surface area contributed by atoms with Crippen LogP contribution in [0.25, 0.3) is 0 Å². The average molecular weight is 297 g/mol. The molecule has 0 aliphatic heterocycles. The van der Waals surface area contributed by atoms with Crippen LogP contribution in [0, 0.1) is 11.7 Å². The highest BCUT2D eigenvalue weighted by molar-refractivity contribution is 5.23. The van der Waals surface area contributed by atoms with E-state index in [1.807, 2.05) is 0 Å². The van der Waals surface area contributed by atoms with Crippen molar-refractivity contribution >= 4 is 0 Å². The van der Waals surface area contributed by atoms with Gasteiger partial charge in [-0.25, -0.2) is 4.39 Å². The first-order valence-electron chi connectivity index (χ1n) is 7.59. The molecule has 1 saturated carbocycles. The molecule has 1 aromatic carbocycles. The van der Waals surface area contributed by atoms with Crippen molar-refractivity contribution in [3.8, 4) is 5.75 Å². The van der Waals surface area contributed by atoms with Crippen molar-refractivity contribution in [3.63, 3.8) is 0 Å². The summed E-state index contributed by atoms with van der Waals surface area (Å²) >= 11 is 0. The van der Waals surface area contributed by atoms with Gasteiger partial charge in [-0.3, -0.25) is 0 Å². The maximum absolute atomic E-state index is 13.3. The summed E-state index contributed by atoms with van der Waals surface area (Å²) in [5, 5.41) is 12.9. The molecule has 0 spiro atoms. The highest BCUT2D eigenvalue weighted by atomic mass is 19.1. The minimum absolute atomic E-state index is 0.0755. The molecular weight excluding hydrogens is 273 g/mol. The first-order chi connectivity index (χ1) is 10.3. The molecule has 118 valence electrons. The third-order valence-electron chi connectivity index (χ3n) is 3.34. The van der Waals surface area contributed by atoms with E-state index in [0.29, 0.717) is 6.54 Å². The summed E-state index contributed by atoms with van der Waals surface area (Å²) in [6.07, 6.45) is 2.89. The van der Waals surface area contributed by atoms with Gasteiger partial charge in [-0.15, -0.1) is 0 Å². The van der Waals surface area contributed by atoms with Gasteiger partial charge in [0.05, 0.1) is 0 Å². The molecule has 1 atom stereocenters. The molecule has 1 aliphatic rings. The highest BCUT2D eigenvalue weighted by Crippen LogP contribution is 2.28. The van der Waals surface area contributed by atoms with E-state index in [2.05, 4.69) is 5.32 Å². The van der Waals surface area contributed by atoms with Crippen LogP contribution in [0.15, 0.2) is 24.3 Å². The quantitative estimate of drug-likeness (QED) is 0.613. The van der Waals surface area contributed by atoms with Crippen LogP contribution in [0.5, 0.6) is 5.75 Å². The zero-order valence-electron chi connectivity index (χ0n) is 12.3. The molecule has 2 N–H and O–H groups in total. The van der Waals surface area contributed by atoms with Gasteiger partial charge in [0, 0.05) is 19.8 Å². The number of ether oxygens (including phenoxy) is 2. The van der Waals surface area contributed by atoms with E-state index in [1.165, 1.54) is 18.9 Å². The zero-order chi connectivity index (χ0) is 14.9. The van der Waals surface area contributed by atoms with Crippen molar-refractivity contribution in [2.45, 2.75) is 25.4 Å². The first-order valence-corrected chi connectivity index (χ1v) is 7.59. The molecule has 5 heteroatoms. The third kappa shape index (κ3) is 6.89.